The number of benzene rings is 2. The van der Waals surface area contributed by atoms with Crippen molar-refractivity contribution in [1.82, 2.24) is 19.5 Å². The molecular formula is C33H30BrLiN4O4. The van der Waals surface area contributed by atoms with Crippen molar-refractivity contribution in [1.29, 1.82) is 0 Å². The van der Waals surface area contributed by atoms with Gasteiger partial charge in [-0.05, 0) is 73.4 Å². The molecular weight excluding hydrogens is 603 g/mol. The zero-order chi connectivity index (χ0) is 29.2. The van der Waals surface area contributed by atoms with Crippen LogP contribution in [0.15, 0.2) is 73.3 Å². The van der Waals surface area contributed by atoms with Crippen molar-refractivity contribution in [3.8, 4) is 0 Å². The number of hydrogen-bond acceptors (Lipinski definition) is 6. The number of methoxy groups -OCH3 is 1. The number of carboxylic acids is 1. The number of fused-ring (bicyclic) bond motifs is 6. The number of carbonyl (C=O) groups excluding carboxylic acids is 2. The molecule has 2 saturated carbocycles. The summed E-state index contributed by atoms with van der Waals surface area (Å²) in [4.78, 5) is 34.0. The number of nitrogens with zero attached hydrogens (tertiary/aromatic N) is 3. The van der Waals surface area contributed by atoms with E-state index in [1.807, 2.05) is 30.5 Å². The Balaban J connectivity index is 0.000000146. The first kappa shape index (κ1) is 30.8. The van der Waals surface area contributed by atoms with Crippen LogP contribution in [0.4, 0.5) is 0 Å². The first-order valence-corrected chi connectivity index (χ1v) is 15.2. The summed E-state index contributed by atoms with van der Waals surface area (Å²) in [5, 5.41) is 16.7. The average Bonchev–Trinajstić information content (AvgIpc) is 3.96. The number of hydrogen-bond donors (Lipinski definition) is 1. The van der Waals surface area contributed by atoms with Crippen molar-refractivity contribution in [3.63, 3.8) is 0 Å². The van der Waals surface area contributed by atoms with Crippen molar-refractivity contribution < 1.29 is 38.3 Å². The molecule has 2 fully saturated rings. The number of pyridine rings is 2. The fourth-order valence-corrected chi connectivity index (χ4v) is 5.74. The SMILES string of the molecule is BrCC1CC1.COC(=O)c1ccc2c(c1)[nH]c1cnccc12.O=C([O-])c1ccc2c3ccncc3n(CC3CC3)c2c1.[Li+]. The van der Waals surface area contributed by atoms with Crippen LogP contribution in [-0.2, 0) is 11.3 Å². The van der Waals surface area contributed by atoms with Gasteiger partial charge in [0.05, 0.1) is 42.1 Å². The summed E-state index contributed by atoms with van der Waals surface area (Å²) in [6.07, 6.45) is 12.6. The Kier molecular flexibility index (Phi) is 9.55. The number of aromatic amines is 1. The largest absolute Gasteiger partial charge is 1.00 e. The summed E-state index contributed by atoms with van der Waals surface area (Å²) in [6, 6.07) is 14.6. The van der Waals surface area contributed by atoms with E-state index in [1.54, 1.807) is 42.9 Å². The summed E-state index contributed by atoms with van der Waals surface area (Å²) >= 11 is 3.38. The number of ether oxygens (including phenoxy) is 1. The molecule has 0 radical (unpaired) electrons. The van der Waals surface area contributed by atoms with Crippen LogP contribution in [0.1, 0.15) is 46.4 Å². The number of halogens is 1. The Morgan fingerprint density at radius 2 is 1.49 bits per heavy atom. The van der Waals surface area contributed by atoms with Gasteiger partial charge in [0.1, 0.15) is 0 Å². The molecule has 10 heteroatoms. The molecule has 0 aliphatic heterocycles. The molecule has 8 rings (SSSR count). The van der Waals surface area contributed by atoms with E-state index in [-0.39, 0.29) is 30.4 Å². The van der Waals surface area contributed by atoms with Crippen molar-refractivity contribution in [2.24, 2.45) is 11.8 Å². The van der Waals surface area contributed by atoms with Gasteiger partial charge in [0.25, 0.3) is 0 Å². The minimum atomic E-state index is -1.13. The Hall–Kier alpha value is -3.64. The number of aromatic nitrogens is 4. The maximum Gasteiger partial charge on any atom is 1.00 e. The molecule has 1 N–H and O–H groups in total. The molecule has 0 spiro atoms. The molecule has 2 aliphatic carbocycles. The van der Waals surface area contributed by atoms with E-state index in [0.717, 1.165) is 56.1 Å². The van der Waals surface area contributed by atoms with Crippen LogP contribution in [0.2, 0.25) is 0 Å². The first-order chi connectivity index (χ1) is 20.5. The zero-order valence-electron chi connectivity index (χ0n) is 24.2. The van der Waals surface area contributed by atoms with Crippen molar-refractivity contribution in [2.75, 3.05) is 12.4 Å². The van der Waals surface area contributed by atoms with Gasteiger partial charge in [0, 0.05) is 56.8 Å². The van der Waals surface area contributed by atoms with Crippen molar-refractivity contribution >= 4 is 71.5 Å². The van der Waals surface area contributed by atoms with Crippen LogP contribution in [0, 0.1) is 11.8 Å². The number of carbonyl (C=O) groups is 2. The molecule has 43 heavy (non-hydrogen) atoms. The summed E-state index contributed by atoms with van der Waals surface area (Å²) in [5.74, 6) is 0.299. The minimum absolute atomic E-state index is 0. The monoisotopic (exact) mass is 632 g/mol. The van der Waals surface area contributed by atoms with Gasteiger partial charge in [0.15, 0.2) is 0 Å². The molecule has 0 amide bonds. The standard InChI is InChI=1S/C16H14N2O2.C13H10N2O2.C4H7Br.Li/c19-16(20)11-3-4-12-13-5-6-17-8-15(13)18(14(12)7-11)9-10-1-2-10;1-17-13(16)8-2-3-9-10-4-5-14-7-12(10)15-11(9)6-8;5-3-4-1-2-4;/h3-8,10H,1-2,9H2,(H,19,20);2-7,15H,1H3;4H,1-3H2;/q;;;+1/p-1. The van der Waals surface area contributed by atoms with E-state index >= 15 is 0 Å². The Bertz CT molecular complexity index is 1930. The molecule has 0 atom stereocenters. The van der Waals surface area contributed by atoms with Crippen LogP contribution >= 0.6 is 15.9 Å². The molecule has 6 aromatic rings. The number of carboxylic acid groups (broad SMARTS) is 1. The Morgan fingerprint density at radius 1 is 0.860 bits per heavy atom. The molecule has 0 bridgehead atoms. The van der Waals surface area contributed by atoms with Gasteiger partial charge in [-0.15, -0.1) is 0 Å². The summed E-state index contributed by atoms with van der Waals surface area (Å²) < 4.78 is 6.89. The second-order valence-corrected chi connectivity index (χ2v) is 11.5. The van der Waals surface area contributed by atoms with Crippen molar-refractivity contribution in [2.45, 2.75) is 32.2 Å². The third kappa shape index (κ3) is 6.80. The van der Waals surface area contributed by atoms with E-state index in [9.17, 15) is 14.7 Å². The second-order valence-electron chi connectivity index (χ2n) is 10.9. The second kappa shape index (κ2) is 13.3. The topological polar surface area (TPSA) is 113 Å². The molecule has 2 aliphatic rings. The number of esters is 1. The third-order valence-corrected chi connectivity index (χ3v) is 8.70. The Labute approximate surface area is 269 Å². The molecule has 2 aromatic carbocycles. The fraction of sp³-hybridized carbons (Fsp3) is 0.273. The fourth-order valence-electron chi connectivity index (χ4n) is 5.10. The van der Waals surface area contributed by atoms with Gasteiger partial charge in [-0.25, -0.2) is 4.79 Å². The van der Waals surface area contributed by atoms with Gasteiger partial charge in [0.2, 0.25) is 0 Å². The third-order valence-electron chi connectivity index (χ3n) is 7.78. The maximum atomic E-state index is 11.4. The van der Waals surface area contributed by atoms with Crippen LogP contribution in [0.3, 0.4) is 0 Å². The first-order valence-electron chi connectivity index (χ1n) is 14.0. The smallest absolute Gasteiger partial charge is 0.545 e. The number of rotatable bonds is 5. The minimum Gasteiger partial charge on any atom is -0.545 e. The number of nitrogens with one attached hydrogen (secondary N) is 1. The van der Waals surface area contributed by atoms with Crippen LogP contribution < -0.4 is 24.0 Å². The average molecular weight is 633 g/mol. The number of aromatic carboxylic acids is 1. The Morgan fingerprint density at radius 3 is 2.14 bits per heavy atom. The number of alkyl halides is 1. The number of H-pyrrole nitrogens is 1. The molecule has 4 aromatic heterocycles. The molecule has 0 unspecified atom stereocenters. The molecule has 214 valence electrons. The summed E-state index contributed by atoms with van der Waals surface area (Å²) in [5.41, 5.74) is 4.68. The van der Waals surface area contributed by atoms with E-state index in [1.165, 1.54) is 38.1 Å². The van der Waals surface area contributed by atoms with E-state index in [0.29, 0.717) is 11.5 Å². The van der Waals surface area contributed by atoms with Crippen molar-refractivity contribution in [3.05, 3.63) is 84.4 Å². The van der Waals surface area contributed by atoms with Crippen LogP contribution in [0.25, 0.3) is 43.6 Å². The molecule has 8 nitrogen and oxygen atoms in total. The summed E-state index contributed by atoms with van der Waals surface area (Å²) in [7, 11) is 1.38. The van der Waals surface area contributed by atoms with Gasteiger partial charge < -0.3 is 24.2 Å². The van der Waals surface area contributed by atoms with Gasteiger partial charge in [-0.2, -0.15) is 0 Å². The normalized spacial score (nSPS) is 14.0. The van der Waals surface area contributed by atoms with E-state index < -0.39 is 5.97 Å². The molecule has 4 heterocycles. The van der Waals surface area contributed by atoms with Gasteiger partial charge in [-0.1, -0.05) is 34.1 Å². The van der Waals surface area contributed by atoms with Crippen LogP contribution in [0.5, 0.6) is 0 Å². The predicted molar refractivity (Wildman–Crippen MR) is 166 cm³/mol. The molecule has 0 saturated heterocycles. The maximum absolute atomic E-state index is 11.4. The zero-order valence-corrected chi connectivity index (χ0v) is 25.8. The van der Waals surface area contributed by atoms with Gasteiger partial charge in [-0.3, -0.25) is 9.97 Å². The van der Waals surface area contributed by atoms with Gasteiger partial charge >= 0.3 is 24.8 Å². The van der Waals surface area contributed by atoms with E-state index in [2.05, 4.69) is 35.4 Å². The quantitative estimate of drug-likeness (QED) is 0.177. The van der Waals surface area contributed by atoms with Crippen LogP contribution in [-0.4, -0.2) is 43.9 Å². The predicted octanol–water partition coefficient (Wildman–Crippen LogP) is 3.26. The van der Waals surface area contributed by atoms with E-state index in [4.69, 9.17) is 4.74 Å². The summed E-state index contributed by atoms with van der Waals surface area (Å²) in [6.45, 7) is 0.933.